The lowest BCUT2D eigenvalue weighted by molar-refractivity contribution is 0.174. The lowest BCUT2D eigenvalue weighted by Gasteiger charge is -2.11. The van der Waals surface area contributed by atoms with Crippen molar-refractivity contribution in [1.29, 1.82) is 0 Å². The summed E-state index contributed by atoms with van der Waals surface area (Å²) in [7, 11) is -1.94. The van der Waals surface area contributed by atoms with Crippen LogP contribution >= 0.6 is 23.1 Å². The standard InChI is InChI=1S/C18H18N2O5S3/c1-23-14-6-3-2-5-12(14)20-28(21,22)8-4-7-26-18-19-13-9-15-16(25-11-24-15)10-17(13)27-18/h2-3,5-6,9-10,20H,4,7-8,11H2,1H3. The summed E-state index contributed by atoms with van der Waals surface area (Å²) in [5, 5.41) is 0. The van der Waals surface area contributed by atoms with Crippen LogP contribution in [0, 0.1) is 0 Å². The first-order chi connectivity index (χ1) is 13.5. The van der Waals surface area contributed by atoms with Crippen LogP contribution in [0.25, 0.3) is 10.2 Å². The van der Waals surface area contributed by atoms with Crippen molar-refractivity contribution in [3.8, 4) is 17.2 Å². The first kappa shape index (κ1) is 19.2. The zero-order chi connectivity index (χ0) is 19.6. The second kappa shape index (κ2) is 8.06. The molecule has 1 N–H and O–H groups in total. The second-order valence-electron chi connectivity index (χ2n) is 5.98. The fourth-order valence-corrected chi connectivity index (χ4v) is 6.12. The molecule has 1 aliphatic heterocycles. The van der Waals surface area contributed by atoms with Crippen molar-refractivity contribution in [2.75, 3.05) is 30.1 Å². The van der Waals surface area contributed by atoms with Crippen LogP contribution in [-0.4, -0.2) is 38.8 Å². The number of rotatable bonds is 8. The minimum absolute atomic E-state index is 0.0267. The summed E-state index contributed by atoms with van der Waals surface area (Å²) in [6.07, 6.45) is 0.508. The molecule has 28 heavy (non-hydrogen) atoms. The summed E-state index contributed by atoms with van der Waals surface area (Å²) in [6.45, 7) is 0.242. The molecule has 10 heteroatoms. The predicted molar refractivity (Wildman–Crippen MR) is 111 cm³/mol. The topological polar surface area (TPSA) is 86.8 Å². The average molecular weight is 439 g/mol. The van der Waals surface area contributed by atoms with Crippen molar-refractivity contribution in [3.05, 3.63) is 36.4 Å². The molecule has 1 aromatic heterocycles. The average Bonchev–Trinajstić information content (AvgIpc) is 3.28. The predicted octanol–water partition coefficient (Wildman–Crippen LogP) is 3.96. The molecule has 2 aromatic carbocycles. The van der Waals surface area contributed by atoms with Crippen LogP contribution in [0.2, 0.25) is 0 Å². The van der Waals surface area contributed by atoms with E-state index in [1.54, 1.807) is 47.4 Å². The number of para-hydroxylation sites is 2. The fraction of sp³-hybridized carbons (Fsp3) is 0.278. The summed E-state index contributed by atoms with van der Waals surface area (Å²) in [5.41, 5.74) is 1.31. The van der Waals surface area contributed by atoms with E-state index < -0.39 is 10.0 Å². The zero-order valence-electron chi connectivity index (χ0n) is 15.0. The summed E-state index contributed by atoms with van der Waals surface area (Å²) < 4.78 is 45.1. The lowest BCUT2D eigenvalue weighted by atomic mass is 10.3. The Balaban J connectivity index is 1.32. The molecule has 0 saturated heterocycles. The normalized spacial score (nSPS) is 13.0. The van der Waals surface area contributed by atoms with Crippen molar-refractivity contribution in [2.45, 2.75) is 10.8 Å². The maximum atomic E-state index is 12.3. The maximum Gasteiger partial charge on any atom is 0.232 e. The maximum absolute atomic E-state index is 12.3. The number of hydrogen-bond donors (Lipinski definition) is 1. The largest absolute Gasteiger partial charge is 0.495 e. The molecule has 0 saturated carbocycles. The number of benzene rings is 2. The third-order valence-electron chi connectivity index (χ3n) is 4.02. The van der Waals surface area contributed by atoms with Crippen LogP contribution in [0.1, 0.15) is 6.42 Å². The number of anilines is 1. The van der Waals surface area contributed by atoms with E-state index in [4.69, 9.17) is 14.2 Å². The molecule has 0 spiro atoms. The molecule has 0 bridgehead atoms. The Morgan fingerprint density at radius 3 is 2.86 bits per heavy atom. The Labute approximate surface area is 171 Å². The molecule has 0 aliphatic carbocycles. The number of thiazole rings is 1. The van der Waals surface area contributed by atoms with Gasteiger partial charge in [-0.1, -0.05) is 23.9 Å². The van der Waals surface area contributed by atoms with Gasteiger partial charge in [0, 0.05) is 17.9 Å². The molecule has 4 rings (SSSR count). The van der Waals surface area contributed by atoms with Crippen molar-refractivity contribution < 1.29 is 22.6 Å². The Hall–Kier alpha value is -2.17. The number of nitrogens with one attached hydrogen (secondary N) is 1. The van der Waals surface area contributed by atoms with Crippen LogP contribution < -0.4 is 18.9 Å². The molecule has 148 valence electrons. The van der Waals surface area contributed by atoms with Gasteiger partial charge in [0.05, 0.1) is 28.8 Å². The minimum atomic E-state index is -3.45. The smallest absolute Gasteiger partial charge is 0.232 e. The van der Waals surface area contributed by atoms with Crippen LogP contribution in [0.15, 0.2) is 40.7 Å². The van der Waals surface area contributed by atoms with Gasteiger partial charge >= 0.3 is 0 Å². The SMILES string of the molecule is COc1ccccc1NS(=O)(=O)CCCSc1nc2cc3c(cc2s1)OCO3. The number of hydrogen-bond acceptors (Lipinski definition) is 8. The Kier molecular flexibility index (Phi) is 5.51. The van der Waals surface area contributed by atoms with Crippen molar-refractivity contribution in [1.82, 2.24) is 4.98 Å². The molecule has 3 aromatic rings. The van der Waals surface area contributed by atoms with Gasteiger partial charge in [0.15, 0.2) is 15.8 Å². The van der Waals surface area contributed by atoms with E-state index in [-0.39, 0.29) is 12.5 Å². The Bertz CT molecular complexity index is 1060. The first-order valence-electron chi connectivity index (χ1n) is 8.50. The third kappa shape index (κ3) is 4.29. The van der Waals surface area contributed by atoms with Crippen LogP contribution in [0.3, 0.4) is 0 Å². The van der Waals surface area contributed by atoms with Gasteiger partial charge in [0.25, 0.3) is 0 Å². The van der Waals surface area contributed by atoms with Gasteiger partial charge in [0.1, 0.15) is 5.75 Å². The Morgan fingerprint density at radius 2 is 2.04 bits per heavy atom. The number of sulfonamides is 1. The van der Waals surface area contributed by atoms with E-state index in [2.05, 4.69) is 9.71 Å². The van der Waals surface area contributed by atoms with Crippen molar-refractivity contribution in [2.24, 2.45) is 0 Å². The highest BCUT2D eigenvalue weighted by atomic mass is 32.2. The number of thioether (sulfide) groups is 1. The van der Waals surface area contributed by atoms with E-state index in [1.165, 1.54) is 7.11 Å². The summed E-state index contributed by atoms with van der Waals surface area (Å²) in [6, 6.07) is 10.7. The van der Waals surface area contributed by atoms with Gasteiger partial charge in [-0.15, -0.1) is 11.3 Å². The fourth-order valence-electron chi connectivity index (χ4n) is 2.71. The number of ether oxygens (including phenoxy) is 3. The highest BCUT2D eigenvalue weighted by Gasteiger charge is 2.17. The van der Waals surface area contributed by atoms with Crippen LogP contribution in [-0.2, 0) is 10.0 Å². The number of fused-ring (bicyclic) bond motifs is 2. The monoisotopic (exact) mass is 438 g/mol. The Morgan fingerprint density at radius 1 is 1.25 bits per heavy atom. The van der Waals surface area contributed by atoms with E-state index in [9.17, 15) is 8.42 Å². The van der Waals surface area contributed by atoms with Gasteiger partial charge < -0.3 is 14.2 Å². The van der Waals surface area contributed by atoms with Gasteiger partial charge in [-0.3, -0.25) is 4.72 Å². The highest BCUT2D eigenvalue weighted by molar-refractivity contribution is 8.01. The number of aromatic nitrogens is 1. The van der Waals surface area contributed by atoms with Gasteiger partial charge in [-0.25, -0.2) is 13.4 Å². The second-order valence-corrected chi connectivity index (χ2v) is 10.2. The summed E-state index contributed by atoms with van der Waals surface area (Å²) in [5.74, 6) is 2.62. The van der Waals surface area contributed by atoms with E-state index in [1.807, 2.05) is 12.1 Å². The molecular formula is C18H18N2O5S3. The molecule has 0 unspecified atom stereocenters. The van der Waals surface area contributed by atoms with Gasteiger partial charge in [0.2, 0.25) is 16.8 Å². The van der Waals surface area contributed by atoms with Gasteiger partial charge in [-0.05, 0) is 18.6 Å². The number of methoxy groups -OCH3 is 1. The number of nitrogens with zero attached hydrogens (tertiary/aromatic N) is 1. The minimum Gasteiger partial charge on any atom is -0.495 e. The van der Waals surface area contributed by atoms with E-state index in [0.29, 0.717) is 29.4 Å². The molecule has 0 fully saturated rings. The summed E-state index contributed by atoms with van der Waals surface area (Å²) >= 11 is 3.11. The molecule has 0 radical (unpaired) electrons. The van der Waals surface area contributed by atoms with Crippen LogP contribution in [0.4, 0.5) is 5.69 Å². The van der Waals surface area contributed by atoms with Gasteiger partial charge in [-0.2, -0.15) is 0 Å². The molecule has 0 amide bonds. The third-order valence-corrected chi connectivity index (χ3v) is 7.62. The molecule has 7 nitrogen and oxygen atoms in total. The van der Waals surface area contributed by atoms with Crippen LogP contribution in [0.5, 0.6) is 17.2 Å². The van der Waals surface area contributed by atoms with Crippen molar-refractivity contribution >= 4 is 49.0 Å². The highest BCUT2D eigenvalue weighted by Crippen LogP contribution is 2.39. The molecule has 2 heterocycles. The first-order valence-corrected chi connectivity index (χ1v) is 12.0. The molecule has 0 atom stereocenters. The van der Waals surface area contributed by atoms with Crippen molar-refractivity contribution in [3.63, 3.8) is 0 Å². The zero-order valence-corrected chi connectivity index (χ0v) is 17.5. The molecular weight excluding hydrogens is 420 g/mol. The van der Waals surface area contributed by atoms with E-state index >= 15 is 0 Å². The van der Waals surface area contributed by atoms with E-state index in [0.717, 1.165) is 20.3 Å². The lowest BCUT2D eigenvalue weighted by Crippen LogP contribution is -2.17. The summed E-state index contributed by atoms with van der Waals surface area (Å²) in [4.78, 5) is 4.58. The molecule has 1 aliphatic rings. The quantitative estimate of drug-likeness (QED) is 0.421.